The highest BCUT2D eigenvalue weighted by Crippen LogP contribution is 2.40. The van der Waals surface area contributed by atoms with Crippen molar-refractivity contribution in [1.29, 1.82) is 0 Å². The average molecular weight is 685 g/mol. The van der Waals surface area contributed by atoms with E-state index in [0.717, 1.165) is 24.0 Å². The molecule has 6 heteroatoms. The average Bonchev–Trinajstić information content (AvgIpc) is 3.50. The van der Waals surface area contributed by atoms with Crippen molar-refractivity contribution in [2.45, 2.75) is 44.6 Å². The van der Waals surface area contributed by atoms with Crippen molar-refractivity contribution in [1.82, 2.24) is 20.5 Å². The van der Waals surface area contributed by atoms with Crippen LogP contribution < -0.4 is 5.43 Å². The molecule has 1 heterocycles. The molecule has 0 aliphatic carbocycles. The van der Waals surface area contributed by atoms with Crippen LogP contribution in [0.2, 0.25) is 0 Å². The second-order valence-corrected chi connectivity index (χ2v) is 13.4. The normalized spacial score (nSPS) is 17.2. The predicted molar refractivity (Wildman–Crippen MR) is 206 cm³/mol. The van der Waals surface area contributed by atoms with E-state index in [1.54, 1.807) is 0 Å². The first-order chi connectivity index (χ1) is 25.6. The van der Waals surface area contributed by atoms with Crippen molar-refractivity contribution < 1.29 is 9.59 Å². The number of carbonyl (C=O) groups is 2. The molecule has 260 valence electrons. The fourth-order valence-corrected chi connectivity index (χ4v) is 7.40. The Kier molecular flexibility index (Phi) is 11.3. The minimum absolute atomic E-state index is 0.0508. The molecule has 0 radical (unpaired) electrons. The Morgan fingerprint density at radius 1 is 0.538 bits per heavy atom. The van der Waals surface area contributed by atoms with E-state index in [0.29, 0.717) is 30.6 Å². The molecule has 1 N–H and O–H groups in total. The number of hydrazine groups is 2. The van der Waals surface area contributed by atoms with Crippen LogP contribution in [0.15, 0.2) is 182 Å². The number of nitrogens with zero attached hydrogens (tertiary/aromatic N) is 3. The number of carbonyl (C=O) groups excluding carboxylic acids is 2. The molecule has 2 amide bonds. The van der Waals surface area contributed by atoms with Gasteiger partial charge in [0.1, 0.15) is 6.17 Å². The molecule has 52 heavy (non-hydrogen) atoms. The van der Waals surface area contributed by atoms with E-state index in [1.165, 1.54) is 11.1 Å². The van der Waals surface area contributed by atoms with Crippen LogP contribution in [0.4, 0.5) is 0 Å². The fourth-order valence-electron chi connectivity index (χ4n) is 7.40. The first-order valence-corrected chi connectivity index (χ1v) is 18.1. The Hall–Kier alpha value is -5.82. The summed E-state index contributed by atoms with van der Waals surface area (Å²) in [6.45, 7) is 0.936. The largest absolute Gasteiger partial charge is 0.282 e. The number of hydrogen-bond acceptors (Lipinski definition) is 4. The van der Waals surface area contributed by atoms with Gasteiger partial charge in [0, 0.05) is 36.2 Å². The molecule has 0 saturated carbocycles. The van der Waals surface area contributed by atoms with Crippen molar-refractivity contribution >= 4 is 11.8 Å². The zero-order chi connectivity index (χ0) is 35.5. The SMILES string of the molecule is O=C(NN(Cc1ccccc1)C1C(Cc2ccccc2)C(CCc2ccccc2)N(Cc2ccccc2)N1C(=O)c1ccccc1)c1ccccc1. The maximum Gasteiger partial charge on any atom is 0.269 e. The highest BCUT2D eigenvalue weighted by atomic mass is 16.2. The molecule has 1 aliphatic rings. The molecule has 1 saturated heterocycles. The summed E-state index contributed by atoms with van der Waals surface area (Å²) in [6, 6.07) is 60.4. The smallest absolute Gasteiger partial charge is 0.269 e. The van der Waals surface area contributed by atoms with Gasteiger partial charge in [-0.2, -0.15) is 5.01 Å². The van der Waals surface area contributed by atoms with Gasteiger partial charge in [-0.15, -0.1) is 0 Å². The van der Waals surface area contributed by atoms with Gasteiger partial charge in [0.25, 0.3) is 11.8 Å². The van der Waals surface area contributed by atoms with E-state index in [9.17, 15) is 4.79 Å². The summed E-state index contributed by atoms with van der Waals surface area (Å²) in [5, 5.41) is 6.26. The molecule has 0 aromatic heterocycles. The van der Waals surface area contributed by atoms with Crippen LogP contribution in [0.25, 0.3) is 0 Å². The zero-order valence-corrected chi connectivity index (χ0v) is 29.2. The first kappa shape index (κ1) is 34.6. The summed E-state index contributed by atoms with van der Waals surface area (Å²) in [5.74, 6) is -0.402. The van der Waals surface area contributed by atoms with E-state index in [1.807, 2.05) is 107 Å². The quantitative estimate of drug-likeness (QED) is 0.124. The van der Waals surface area contributed by atoms with Crippen LogP contribution in [0.1, 0.15) is 49.4 Å². The third kappa shape index (κ3) is 8.37. The van der Waals surface area contributed by atoms with Crippen LogP contribution in [0, 0.1) is 5.92 Å². The Morgan fingerprint density at radius 3 is 1.56 bits per heavy atom. The number of hydrogen-bond donors (Lipinski definition) is 1. The van der Waals surface area contributed by atoms with Crippen LogP contribution in [0.3, 0.4) is 0 Å². The van der Waals surface area contributed by atoms with Crippen molar-refractivity contribution in [3.63, 3.8) is 0 Å². The van der Waals surface area contributed by atoms with Crippen molar-refractivity contribution in [3.05, 3.63) is 215 Å². The molecule has 6 aromatic carbocycles. The topological polar surface area (TPSA) is 55.9 Å². The number of rotatable bonds is 13. The summed E-state index contributed by atoms with van der Waals surface area (Å²) < 4.78 is 0. The van der Waals surface area contributed by atoms with Gasteiger partial charge in [-0.25, -0.2) is 5.01 Å². The number of amides is 2. The van der Waals surface area contributed by atoms with E-state index >= 15 is 4.79 Å². The van der Waals surface area contributed by atoms with Gasteiger partial charge >= 0.3 is 0 Å². The summed E-state index contributed by atoms with van der Waals surface area (Å²) in [6.07, 6.45) is 1.85. The molecule has 1 fully saturated rings. The Bertz CT molecular complexity index is 2000. The van der Waals surface area contributed by atoms with E-state index in [4.69, 9.17) is 0 Å². The minimum Gasteiger partial charge on any atom is -0.282 e. The van der Waals surface area contributed by atoms with Crippen LogP contribution in [0.5, 0.6) is 0 Å². The Morgan fingerprint density at radius 2 is 1.00 bits per heavy atom. The molecule has 3 unspecified atom stereocenters. The number of benzene rings is 6. The van der Waals surface area contributed by atoms with Gasteiger partial charge in [-0.1, -0.05) is 158 Å². The predicted octanol–water partition coefficient (Wildman–Crippen LogP) is 8.59. The lowest BCUT2D eigenvalue weighted by atomic mass is 9.86. The van der Waals surface area contributed by atoms with Gasteiger partial charge in [0.15, 0.2) is 0 Å². The maximum absolute atomic E-state index is 15.1. The summed E-state index contributed by atoms with van der Waals surface area (Å²) in [4.78, 5) is 29.2. The van der Waals surface area contributed by atoms with Crippen LogP contribution in [-0.2, 0) is 25.9 Å². The van der Waals surface area contributed by atoms with Crippen molar-refractivity contribution in [3.8, 4) is 0 Å². The molecule has 7 rings (SSSR count). The van der Waals surface area contributed by atoms with Crippen molar-refractivity contribution in [2.24, 2.45) is 5.92 Å². The van der Waals surface area contributed by atoms with Crippen molar-refractivity contribution in [2.75, 3.05) is 0 Å². The monoisotopic (exact) mass is 684 g/mol. The lowest BCUT2D eigenvalue weighted by molar-refractivity contribution is -0.0670. The molecule has 1 aliphatic heterocycles. The summed E-state index contributed by atoms with van der Waals surface area (Å²) in [5.41, 5.74) is 9.06. The zero-order valence-electron chi connectivity index (χ0n) is 29.2. The molecule has 6 nitrogen and oxygen atoms in total. The lowest BCUT2D eigenvalue weighted by Gasteiger charge is -2.40. The number of aryl methyl sites for hydroxylation is 1. The first-order valence-electron chi connectivity index (χ1n) is 18.1. The van der Waals surface area contributed by atoms with Gasteiger partial charge in [0.05, 0.1) is 0 Å². The second-order valence-electron chi connectivity index (χ2n) is 13.4. The second kappa shape index (κ2) is 16.9. The van der Waals surface area contributed by atoms with Gasteiger partial charge in [-0.05, 0) is 65.8 Å². The molecular formula is C46H44N4O2. The Balaban J connectivity index is 1.39. The maximum atomic E-state index is 15.1. The molecule has 0 spiro atoms. The van der Waals surface area contributed by atoms with Crippen LogP contribution >= 0.6 is 0 Å². The van der Waals surface area contributed by atoms with Gasteiger partial charge < -0.3 is 0 Å². The van der Waals surface area contributed by atoms with Crippen LogP contribution in [-0.4, -0.2) is 39.0 Å². The third-order valence-corrected chi connectivity index (χ3v) is 9.89. The van der Waals surface area contributed by atoms with E-state index in [2.05, 4.69) is 95.4 Å². The minimum atomic E-state index is -0.523. The fraction of sp³-hybridized carbons (Fsp3) is 0.174. The lowest BCUT2D eigenvalue weighted by Crippen LogP contribution is -2.58. The summed E-state index contributed by atoms with van der Waals surface area (Å²) >= 11 is 0. The molecule has 6 aromatic rings. The number of nitrogens with one attached hydrogen (secondary N) is 1. The van der Waals surface area contributed by atoms with E-state index in [-0.39, 0.29) is 23.8 Å². The Labute approximate surface area is 306 Å². The molecule has 3 atom stereocenters. The molecule has 0 bridgehead atoms. The highest BCUT2D eigenvalue weighted by Gasteiger charge is 2.52. The molecular weight excluding hydrogens is 641 g/mol. The van der Waals surface area contributed by atoms with E-state index < -0.39 is 6.17 Å². The standard InChI is InChI=1S/C46H44N4O2/c51-44(40-27-15-5-16-28-40)47-48(34-38-23-11-3-12-24-38)45-42(33-37-21-9-2-10-22-37)43(32-31-36-19-7-1-8-20-36)49(35-39-25-13-4-14-26-39)50(45)46(52)41-29-17-6-18-30-41/h1-30,42-43,45H,31-35H2,(H,47,51). The highest BCUT2D eigenvalue weighted by molar-refractivity contribution is 5.95. The van der Waals surface area contributed by atoms with Gasteiger partial charge in [0.2, 0.25) is 0 Å². The third-order valence-electron chi connectivity index (χ3n) is 9.89. The summed E-state index contributed by atoms with van der Waals surface area (Å²) in [7, 11) is 0. The van der Waals surface area contributed by atoms with Gasteiger partial charge in [-0.3, -0.25) is 20.0 Å².